The van der Waals surface area contributed by atoms with Gasteiger partial charge >= 0.3 is 0 Å². The van der Waals surface area contributed by atoms with Crippen LogP contribution in [0.3, 0.4) is 0 Å². The van der Waals surface area contributed by atoms with E-state index in [9.17, 15) is 4.79 Å². The highest BCUT2D eigenvalue weighted by Gasteiger charge is 2.23. The molecule has 0 bridgehead atoms. The Kier molecular flexibility index (Phi) is 7.73. The highest BCUT2D eigenvalue weighted by atomic mass is 35.5. The molecule has 0 aromatic rings. The van der Waals surface area contributed by atoms with Crippen LogP contribution in [0, 0.1) is 11.8 Å². The summed E-state index contributed by atoms with van der Waals surface area (Å²) < 4.78 is 5.88. The number of amides is 1. The van der Waals surface area contributed by atoms with Crippen LogP contribution < -0.4 is 10.6 Å². The molecule has 2 fully saturated rings. The molecule has 4 nitrogen and oxygen atoms in total. The third-order valence-corrected chi connectivity index (χ3v) is 4.20. The Bertz CT molecular complexity index is 270. The molecule has 5 heteroatoms. The molecule has 2 aliphatic rings. The van der Waals surface area contributed by atoms with Crippen LogP contribution in [0.25, 0.3) is 0 Å². The summed E-state index contributed by atoms with van der Waals surface area (Å²) in [6.45, 7) is 5.37. The normalized spacial score (nSPS) is 30.7. The molecule has 3 atom stereocenters. The second-order valence-corrected chi connectivity index (χ2v) is 5.65. The molecule has 19 heavy (non-hydrogen) atoms. The van der Waals surface area contributed by atoms with E-state index in [-0.39, 0.29) is 24.2 Å². The Morgan fingerprint density at radius 3 is 2.79 bits per heavy atom. The maximum Gasteiger partial charge on any atom is 0.224 e. The minimum atomic E-state index is 0. The molecule has 0 spiro atoms. The molecule has 2 rings (SSSR count). The zero-order valence-corrected chi connectivity index (χ0v) is 12.6. The van der Waals surface area contributed by atoms with Gasteiger partial charge in [0.25, 0.3) is 0 Å². The number of halogens is 1. The molecular weight excluding hydrogens is 264 g/mol. The summed E-state index contributed by atoms with van der Waals surface area (Å²) >= 11 is 0. The molecule has 0 radical (unpaired) electrons. The first-order chi connectivity index (χ1) is 8.77. The maximum atomic E-state index is 11.8. The highest BCUT2D eigenvalue weighted by molar-refractivity contribution is 5.85. The summed E-state index contributed by atoms with van der Waals surface area (Å²) in [5.74, 6) is 1.02. The molecule has 1 aliphatic carbocycles. The van der Waals surface area contributed by atoms with Crippen molar-refractivity contribution in [2.75, 3.05) is 26.2 Å². The Balaban J connectivity index is 0.00000180. The quantitative estimate of drug-likeness (QED) is 0.758. The first-order valence-corrected chi connectivity index (χ1v) is 7.37. The summed E-state index contributed by atoms with van der Waals surface area (Å²) in [5.41, 5.74) is 0. The Hall–Kier alpha value is -0.320. The highest BCUT2D eigenvalue weighted by Crippen LogP contribution is 2.25. The first kappa shape index (κ1) is 16.7. The number of hydrogen-bond donors (Lipinski definition) is 2. The van der Waals surface area contributed by atoms with Crippen molar-refractivity contribution in [3.63, 3.8) is 0 Å². The van der Waals surface area contributed by atoms with E-state index in [1.54, 1.807) is 0 Å². The van der Waals surface area contributed by atoms with Gasteiger partial charge in [-0.05, 0) is 31.7 Å². The fraction of sp³-hybridized carbons (Fsp3) is 0.929. The molecule has 112 valence electrons. The number of nitrogens with one attached hydrogen (secondary N) is 2. The minimum absolute atomic E-state index is 0. The van der Waals surface area contributed by atoms with Gasteiger partial charge in [-0.3, -0.25) is 4.79 Å². The van der Waals surface area contributed by atoms with Gasteiger partial charge in [0.15, 0.2) is 0 Å². The standard InChI is InChI=1S/C14H26N2O2.ClH/c1-11-4-2-3-5-13(11)18-9-8-16-14(17)12-6-7-15-10-12;/h11-13,15H,2-10H2,1H3,(H,16,17);1H. The van der Waals surface area contributed by atoms with E-state index in [4.69, 9.17) is 4.74 Å². The van der Waals surface area contributed by atoms with Crippen molar-refractivity contribution in [2.24, 2.45) is 11.8 Å². The van der Waals surface area contributed by atoms with Crippen LogP contribution >= 0.6 is 12.4 Å². The second-order valence-electron chi connectivity index (χ2n) is 5.65. The fourth-order valence-corrected chi connectivity index (χ4v) is 2.94. The number of ether oxygens (including phenoxy) is 1. The van der Waals surface area contributed by atoms with Gasteiger partial charge in [-0.15, -0.1) is 12.4 Å². The molecule has 1 saturated carbocycles. The van der Waals surface area contributed by atoms with Gasteiger partial charge in [0.05, 0.1) is 18.6 Å². The van der Waals surface area contributed by atoms with E-state index in [0.717, 1.165) is 19.5 Å². The number of carbonyl (C=O) groups excluding carboxylic acids is 1. The summed E-state index contributed by atoms with van der Waals surface area (Å²) in [4.78, 5) is 11.8. The third-order valence-electron chi connectivity index (χ3n) is 4.20. The van der Waals surface area contributed by atoms with E-state index in [1.807, 2.05) is 0 Å². The van der Waals surface area contributed by atoms with E-state index in [2.05, 4.69) is 17.6 Å². The van der Waals surface area contributed by atoms with Crippen molar-refractivity contribution in [3.05, 3.63) is 0 Å². The number of hydrogen-bond acceptors (Lipinski definition) is 3. The lowest BCUT2D eigenvalue weighted by atomic mass is 9.88. The average molecular weight is 291 g/mol. The zero-order chi connectivity index (χ0) is 12.8. The van der Waals surface area contributed by atoms with Gasteiger partial charge < -0.3 is 15.4 Å². The van der Waals surface area contributed by atoms with Crippen LogP contribution in [0.4, 0.5) is 0 Å². The Morgan fingerprint density at radius 1 is 1.32 bits per heavy atom. The molecule has 1 aliphatic heterocycles. The van der Waals surface area contributed by atoms with Crippen molar-refractivity contribution in [3.8, 4) is 0 Å². The fourth-order valence-electron chi connectivity index (χ4n) is 2.94. The molecule has 0 aromatic carbocycles. The lowest BCUT2D eigenvalue weighted by Crippen LogP contribution is -2.35. The predicted octanol–water partition coefficient (Wildman–Crippen LogP) is 1.73. The molecule has 2 N–H and O–H groups in total. The Morgan fingerprint density at radius 2 is 2.11 bits per heavy atom. The van der Waals surface area contributed by atoms with Gasteiger partial charge in [-0.2, -0.15) is 0 Å². The predicted molar refractivity (Wildman–Crippen MR) is 78.6 cm³/mol. The zero-order valence-electron chi connectivity index (χ0n) is 11.8. The summed E-state index contributed by atoms with van der Waals surface area (Å²) in [7, 11) is 0. The van der Waals surface area contributed by atoms with Crippen LogP contribution in [0.5, 0.6) is 0 Å². The topological polar surface area (TPSA) is 50.4 Å². The van der Waals surface area contributed by atoms with Crippen LogP contribution in [-0.4, -0.2) is 38.3 Å². The third kappa shape index (κ3) is 5.28. The first-order valence-electron chi connectivity index (χ1n) is 7.37. The van der Waals surface area contributed by atoms with Gasteiger partial charge in [0, 0.05) is 13.1 Å². The average Bonchev–Trinajstić information content (AvgIpc) is 2.90. The molecule has 3 unspecified atom stereocenters. The van der Waals surface area contributed by atoms with Crippen molar-refractivity contribution < 1.29 is 9.53 Å². The van der Waals surface area contributed by atoms with Crippen molar-refractivity contribution >= 4 is 18.3 Å². The van der Waals surface area contributed by atoms with Crippen LogP contribution in [0.2, 0.25) is 0 Å². The van der Waals surface area contributed by atoms with Crippen molar-refractivity contribution in [1.29, 1.82) is 0 Å². The molecule has 1 heterocycles. The van der Waals surface area contributed by atoms with Crippen molar-refractivity contribution in [2.45, 2.75) is 45.1 Å². The number of carbonyl (C=O) groups is 1. The van der Waals surface area contributed by atoms with Crippen molar-refractivity contribution in [1.82, 2.24) is 10.6 Å². The monoisotopic (exact) mass is 290 g/mol. The lowest BCUT2D eigenvalue weighted by molar-refractivity contribution is -0.124. The lowest BCUT2D eigenvalue weighted by Gasteiger charge is -2.28. The molecule has 1 amide bonds. The summed E-state index contributed by atoms with van der Waals surface area (Å²) in [6, 6.07) is 0. The van der Waals surface area contributed by atoms with Gasteiger partial charge in [-0.25, -0.2) is 0 Å². The van der Waals surface area contributed by atoms with E-state index >= 15 is 0 Å². The Labute approximate surface area is 122 Å². The van der Waals surface area contributed by atoms with Gasteiger partial charge in [-0.1, -0.05) is 19.8 Å². The van der Waals surface area contributed by atoms with Crippen LogP contribution in [-0.2, 0) is 9.53 Å². The smallest absolute Gasteiger partial charge is 0.224 e. The summed E-state index contributed by atoms with van der Waals surface area (Å²) in [5, 5.41) is 6.18. The van der Waals surface area contributed by atoms with Gasteiger partial charge in [0.2, 0.25) is 5.91 Å². The van der Waals surface area contributed by atoms with Gasteiger partial charge in [0.1, 0.15) is 0 Å². The number of rotatable bonds is 5. The maximum absolute atomic E-state index is 11.8. The SMILES string of the molecule is CC1CCCCC1OCCNC(=O)C1CCNC1.Cl. The van der Waals surface area contributed by atoms with E-state index in [0.29, 0.717) is 25.2 Å². The van der Waals surface area contributed by atoms with E-state index in [1.165, 1.54) is 25.7 Å². The van der Waals surface area contributed by atoms with Crippen LogP contribution in [0.1, 0.15) is 39.0 Å². The largest absolute Gasteiger partial charge is 0.376 e. The molecule has 0 aromatic heterocycles. The summed E-state index contributed by atoms with van der Waals surface area (Å²) in [6.07, 6.45) is 6.46. The molecular formula is C14H27ClN2O2. The minimum Gasteiger partial charge on any atom is -0.376 e. The molecule has 1 saturated heterocycles. The second kappa shape index (κ2) is 8.77. The van der Waals surface area contributed by atoms with Crippen LogP contribution in [0.15, 0.2) is 0 Å². The van der Waals surface area contributed by atoms with E-state index < -0.39 is 0 Å².